The van der Waals surface area contributed by atoms with E-state index in [9.17, 15) is 14.4 Å². The normalized spacial score (nSPS) is 12.8. The molecule has 0 aromatic carbocycles. The number of carbonyl (C=O) groups excluding carboxylic acids is 3. The average molecular weight is 314 g/mol. The number of esters is 1. The number of nitrogens with zero attached hydrogens (tertiary/aromatic N) is 2. The third-order valence-electron chi connectivity index (χ3n) is 3.42. The first-order chi connectivity index (χ1) is 10.3. The highest BCUT2D eigenvalue weighted by Gasteiger charge is 2.31. The van der Waals surface area contributed by atoms with Crippen molar-refractivity contribution in [3.63, 3.8) is 0 Å². The van der Waals surface area contributed by atoms with Gasteiger partial charge in [-0.05, 0) is 20.3 Å². The summed E-state index contributed by atoms with van der Waals surface area (Å²) in [6.07, 6.45) is 2.00. The van der Waals surface area contributed by atoms with E-state index in [-0.39, 0.29) is 5.91 Å². The molecule has 0 aromatic heterocycles. The minimum Gasteiger partial charge on any atom is -0.464 e. The molecule has 0 saturated carbocycles. The van der Waals surface area contributed by atoms with E-state index in [0.717, 1.165) is 24.0 Å². The lowest BCUT2D eigenvalue weighted by Gasteiger charge is -2.30. The second kappa shape index (κ2) is 9.81. The van der Waals surface area contributed by atoms with Crippen LogP contribution in [0.25, 0.3) is 0 Å². The van der Waals surface area contributed by atoms with Gasteiger partial charge in [0.2, 0.25) is 5.91 Å². The minimum absolute atomic E-state index is 0.336. The Balaban J connectivity index is 4.65. The lowest BCUT2D eigenvalue weighted by molar-refractivity contribution is -0.154. The van der Waals surface area contributed by atoms with Crippen molar-refractivity contribution in [2.24, 2.45) is 0 Å². The standard InChI is InChI=1S/C15H26N2O5/c1-7-9-10-22-14(19)12(4)16(5)13(18)11(3)17(6)15(20)21-8-2/h8,11-12H,2,7,9-10H2,1,3-6H3. The number of hydrogen-bond donors (Lipinski definition) is 0. The maximum absolute atomic E-state index is 12.3. The first-order valence-electron chi connectivity index (χ1n) is 7.25. The summed E-state index contributed by atoms with van der Waals surface area (Å²) in [5.41, 5.74) is 0. The molecule has 0 aliphatic carbocycles. The monoisotopic (exact) mass is 314 g/mol. The number of hydrogen-bond acceptors (Lipinski definition) is 5. The maximum atomic E-state index is 12.3. The highest BCUT2D eigenvalue weighted by Crippen LogP contribution is 2.07. The molecule has 0 heterocycles. The number of rotatable bonds is 8. The Hall–Kier alpha value is -2.05. The molecule has 2 atom stereocenters. The molecular weight excluding hydrogens is 288 g/mol. The summed E-state index contributed by atoms with van der Waals surface area (Å²) in [5.74, 6) is -0.851. The Morgan fingerprint density at radius 1 is 1.14 bits per heavy atom. The molecule has 7 heteroatoms. The third kappa shape index (κ3) is 5.75. The molecule has 0 N–H and O–H groups in total. The smallest absolute Gasteiger partial charge is 0.415 e. The fourth-order valence-corrected chi connectivity index (χ4v) is 1.56. The Morgan fingerprint density at radius 3 is 2.23 bits per heavy atom. The second-order valence-corrected chi connectivity index (χ2v) is 4.98. The molecule has 0 aromatic rings. The zero-order valence-corrected chi connectivity index (χ0v) is 14.0. The molecule has 0 fully saturated rings. The van der Waals surface area contributed by atoms with Crippen LogP contribution >= 0.6 is 0 Å². The van der Waals surface area contributed by atoms with Crippen LogP contribution in [0.15, 0.2) is 12.8 Å². The van der Waals surface area contributed by atoms with Crippen LogP contribution in [0.1, 0.15) is 33.6 Å². The largest absolute Gasteiger partial charge is 0.464 e. The summed E-state index contributed by atoms with van der Waals surface area (Å²) in [7, 11) is 2.93. The van der Waals surface area contributed by atoms with E-state index in [1.54, 1.807) is 13.8 Å². The molecule has 0 radical (unpaired) electrons. The average Bonchev–Trinajstić information content (AvgIpc) is 2.51. The van der Waals surface area contributed by atoms with Crippen LogP contribution < -0.4 is 0 Å². The SMILES string of the molecule is C=COC(=O)N(C)C(C)C(=O)N(C)C(C)C(=O)OCCCC. The van der Waals surface area contributed by atoms with E-state index in [1.165, 1.54) is 19.0 Å². The van der Waals surface area contributed by atoms with Gasteiger partial charge in [0.15, 0.2) is 0 Å². The zero-order chi connectivity index (χ0) is 17.3. The molecule has 0 bridgehead atoms. The summed E-state index contributed by atoms with van der Waals surface area (Å²) in [4.78, 5) is 38.1. The van der Waals surface area contributed by atoms with E-state index in [2.05, 4.69) is 11.3 Å². The Labute approximate surface area is 131 Å². The van der Waals surface area contributed by atoms with Gasteiger partial charge in [0.05, 0.1) is 12.9 Å². The summed E-state index contributed by atoms with van der Waals surface area (Å²) in [5, 5.41) is 0. The number of likely N-dealkylation sites (N-methyl/N-ethyl adjacent to an activating group) is 2. The van der Waals surface area contributed by atoms with Crippen molar-refractivity contribution < 1.29 is 23.9 Å². The van der Waals surface area contributed by atoms with Gasteiger partial charge in [0.1, 0.15) is 12.1 Å². The van der Waals surface area contributed by atoms with Gasteiger partial charge in [-0.1, -0.05) is 19.9 Å². The lowest BCUT2D eigenvalue weighted by atomic mass is 10.2. The van der Waals surface area contributed by atoms with Crippen LogP contribution in [-0.2, 0) is 19.1 Å². The van der Waals surface area contributed by atoms with E-state index >= 15 is 0 Å². The predicted octanol–water partition coefficient (Wildman–Crippen LogP) is 1.78. The van der Waals surface area contributed by atoms with Crippen molar-refractivity contribution in [2.45, 2.75) is 45.7 Å². The van der Waals surface area contributed by atoms with Crippen molar-refractivity contribution in [1.29, 1.82) is 0 Å². The van der Waals surface area contributed by atoms with Gasteiger partial charge in [-0.3, -0.25) is 9.69 Å². The quantitative estimate of drug-likeness (QED) is 0.388. The van der Waals surface area contributed by atoms with E-state index in [4.69, 9.17) is 4.74 Å². The highest BCUT2D eigenvalue weighted by molar-refractivity contribution is 5.89. The first kappa shape index (κ1) is 19.9. The van der Waals surface area contributed by atoms with Gasteiger partial charge in [0.25, 0.3) is 0 Å². The molecule has 0 aliphatic heterocycles. The highest BCUT2D eigenvalue weighted by atomic mass is 16.5. The number of ether oxygens (including phenoxy) is 2. The second-order valence-electron chi connectivity index (χ2n) is 4.98. The molecule has 7 nitrogen and oxygen atoms in total. The summed E-state index contributed by atoms with van der Waals surface area (Å²) < 4.78 is 9.71. The summed E-state index contributed by atoms with van der Waals surface area (Å²) in [6.45, 7) is 8.75. The van der Waals surface area contributed by atoms with Crippen LogP contribution in [0.4, 0.5) is 4.79 Å². The van der Waals surface area contributed by atoms with Gasteiger partial charge in [0, 0.05) is 14.1 Å². The Kier molecular flexibility index (Phi) is 8.89. The topological polar surface area (TPSA) is 76.2 Å². The molecule has 0 saturated heterocycles. The predicted molar refractivity (Wildman–Crippen MR) is 82.0 cm³/mol. The number of carbonyl (C=O) groups is 3. The van der Waals surface area contributed by atoms with Gasteiger partial charge in [-0.15, -0.1) is 0 Å². The van der Waals surface area contributed by atoms with Crippen LogP contribution in [0.5, 0.6) is 0 Å². The van der Waals surface area contributed by atoms with E-state index in [0.29, 0.717) is 6.61 Å². The van der Waals surface area contributed by atoms with Crippen molar-refractivity contribution in [1.82, 2.24) is 9.80 Å². The fourth-order valence-electron chi connectivity index (χ4n) is 1.56. The molecule has 0 rings (SSSR count). The third-order valence-corrected chi connectivity index (χ3v) is 3.42. The molecule has 126 valence electrons. The zero-order valence-electron chi connectivity index (χ0n) is 14.0. The van der Waals surface area contributed by atoms with Crippen LogP contribution in [0, 0.1) is 0 Å². The number of unbranched alkanes of at least 4 members (excludes halogenated alkanes) is 1. The fraction of sp³-hybridized carbons (Fsp3) is 0.667. The van der Waals surface area contributed by atoms with Crippen LogP contribution in [0.3, 0.4) is 0 Å². The summed E-state index contributed by atoms with van der Waals surface area (Å²) >= 11 is 0. The molecule has 0 spiro atoms. The number of amides is 2. The molecule has 2 amide bonds. The molecular formula is C15H26N2O5. The van der Waals surface area contributed by atoms with E-state index in [1.807, 2.05) is 6.92 Å². The van der Waals surface area contributed by atoms with Gasteiger partial charge in [-0.2, -0.15) is 0 Å². The van der Waals surface area contributed by atoms with Gasteiger partial charge >= 0.3 is 12.1 Å². The van der Waals surface area contributed by atoms with Crippen LogP contribution in [0.2, 0.25) is 0 Å². The van der Waals surface area contributed by atoms with Crippen molar-refractivity contribution in [2.75, 3.05) is 20.7 Å². The van der Waals surface area contributed by atoms with Crippen LogP contribution in [-0.4, -0.2) is 60.6 Å². The van der Waals surface area contributed by atoms with Crippen molar-refractivity contribution in [3.05, 3.63) is 12.8 Å². The van der Waals surface area contributed by atoms with Gasteiger partial charge in [-0.25, -0.2) is 9.59 Å². The first-order valence-corrected chi connectivity index (χ1v) is 7.25. The summed E-state index contributed by atoms with van der Waals surface area (Å²) in [6, 6.07) is -1.50. The Bertz CT molecular complexity index is 411. The van der Waals surface area contributed by atoms with Crippen molar-refractivity contribution in [3.8, 4) is 0 Å². The molecule has 0 aliphatic rings. The molecule has 22 heavy (non-hydrogen) atoms. The molecule has 2 unspecified atom stereocenters. The lowest BCUT2D eigenvalue weighted by Crippen LogP contribution is -2.51. The van der Waals surface area contributed by atoms with Gasteiger partial charge < -0.3 is 14.4 Å². The van der Waals surface area contributed by atoms with Crippen molar-refractivity contribution >= 4 is 18.0 Å². The van der Waals surface area contributed by atoms with E-state index < -0.39 is 24.1 Å². The minimum atomic E-state index is -0.775. The Morgan fingerprint density at radius 2 is 1.73 bits per heavy atom. The maximum Gasteiger partial charge on any atom is 0.415 e.